The van der Waals surface area contributed by atoms with Crippen LogP contribution in [0.15, 0.2) is 18.3 Å². The van der Waals surface area contributed by atoms with Crippen LogP contribution in [-0.4, -0.2) is 35.4 Å². The molecule has 5 heteroatoms. The molecule has 1 aliphatic heterocycles. The summed E-state index contributed by atoms with van der Waals surface area (Å²) in [6.07, 6.45) is 3.85. The average Bonchev–Trinajstić information content (AvgIpc) is 2.42. The van der Waals surface area contributed by atoms with Crippen molar-refractivity contribution in [3.05, 3.63) is 23.9 Å². The number of amides is 1. The van der Waals surface area contributed by atoms with Gasteiger partial charge in [-0.2, -0.15) is 0 Å². The van der Waals surface area contributed by atoms with Gasteiger partial charge in [0, 0.05) is 25.8 Å². The highest BCUT2D eigenvalue weighted by atomic mass is 16.1. The molecule has 1 atom stereocenters. The molecule has 1 unspecified atom stereocenters. The molecule has 0 saturated carbocycles. The Morgan fingerprint density at radius 1 is 1.58 bits per heavy atom. The van der Waals surface area contributed by atoms with Gasteiger partial charge in [-0.05, 0) is 37.9 Å². The predicted molar refractivity (Wildman–Crippen MR) is 75.6 cm³/mol. The lowest BCUT2D eigenvalue weighted by atomic mass is 9.97. The molecule has 0 aliphatic carbocycles. The van der Waals surface area contributed by atoms with E-state index in [0.717, 1.165) is 44.8 Å². The number of nitrogens with one attached hydrogen (secondary N) is 1. The molecule has 3 N–H and O–H groups in total. The normalized spacial score (nSPS) is 20.2. The molecule has 5 nitrogen and oxygen atoms in total. The highest BCUT2D eigenvalue weighted by Gasteiger charge is 2.23. The zero-order valence-electron chi connectivity index (χ0n) is 11.4. The topological polar surface area (TPSA) is 71.2 Å². The Balaban J connectivity index is 1.91. The van der Waals surface area contributed by atoms with Gasteiger partial charge in [0.1, 0.15) is 5.82 Å². The van der Waals surface area contributed by atoms with Crippen LogP contribution < -0.4 is 11.1 Å². The van der Waals surface area contributed by atoms with E-state index in [1.165, 1.54) is 5.56 Å². The fourth-order valence-corrected chi connectivity index (χ4v) is 2.49. The van der Waals surface area contributed by atoms with Gasteiger partial charge in [0.05, 0.1) is 5.92 Å². The molecule has 1 aromatic rings. The molecule has 1 amide bonds. The van der Waals surface area contributed by atoms with E-state index in [-0.39, 0.29) is 11.8 Å². The lowest BCUT2D eigenvalue weighted by molar-refractivity contribution is -0.123. The number of aromatic nitrogens is 1. The fourth-order valence-electron chi connectivity index (χ4n) is 2.49. The zero-order chi connectivity index (χ0) is 13.7. The number of piperidine rings is 1. The van der Waals surface area contributed by atoms with Gasteiger partial charge in [0.25, 0.3) is 0 Å². The second-order valence-corrected chi connectivity index (χ2v) is 5.06. The number of pyridine rings is 1. The van der Waals surface area contributed by atoms with Crippen molar-refractivity contribution in [1.29, 1.82) is 0 Å². The molecule has 1 aromatic heterocycles. The standard InChI is InChI=1S/C14H22N4O/c1-2-16-13-6-5-11(8-17-13)9-18-7-3-4-12(10-18)14(15)19/h5-6,8,12H,2-4,7,9-10H2,1H3,(H2,15,19)(H,16,17). The number of carbonyl (C=O) groups excluding carboxylic acids is 1. The maximum absolute atomic E-state index is 11.2. The summed E-state index contributed by atoms with van der Waals surface area (Å²) in [4.78, 5) is 17.9. The van der Waals surface area contributed by atoms with Gasteiger partial charge in [-0.1, -0.05) is 6.07 Å². The second kappa shape index (κ2) is 6.52. The first kappa shape index (κ1) is 13.8. The number of primary amides is 1. The van der Waals surface area contributed by atoms with Crippen LogP contribution in [0.1, 0.15) is 25.3 Å². The number of nitrogens with zero attached hydrogens (tertiary/aromatic N) is 2. The van der Waals surface area contributed by atoms with Crippen LogP contribution >= 0.6 is 0 Å². The number of rotatable bonds is 5. The molecular weight excluding hydrogens is 240 g/mol. The summed E-state index contributed by atoms with van der Waals surface area (Å²) in [5.41, 5.74) is 6.56. The van der Waals surface area contributed by atoms with E-state index in [9.17, 15) is 4.79 Å². The second-order valence-electron chi connectivity index (χ2n) is 5.06. The maximum atomic E-state index is 11.2. The predicted octanol–water partition coefficient (Wildman–Crippen LogP) is 1.21. The van der Waals surface area contributed by atoms with Gasteiger partial charge in [-0.3, -0.25) is 9.69 Å². The molecule has 1 saturated heterocycles. The number of likely N-dealkylation sites (tertiary alicyclic amines) is 1. The minimum Gasteiger partial charge on any atom is -0.370 e. The van der Waals surface area contributed by atoms with E-state index in [2.05, 4.69) is 21.3 Å². The van der Waals surface area contributed by atoms with E-state index in [1.807, 2.05) is 19.2 Å². The van der Waals surface area contributed by atoms with Crippen LogP contribution in [0.25, 0.3) is 0 Å². The molecule has 0 radical (unpaired) electrons. The lowest BCUT2D eigenvalue weighted by Gasteiger charge is -2.31. The molecular formula is C14H22N4O. The Labute approximate surface area is 114 Å². The van der Waals surface area contributed by atoms with E-state index in [0.29, 0.717) is 0 Å². The quantitative estimate of drug-likeness (QED) is 0.836. The van der Waals surface area contributed by atoms with Crippen molar-refractivity contribution >= 4 is 11.7 Å². The number of hydrogen-bond donors (Lipinski definition) is 2. The van der Waals surface area contributed by atoms with Gasteiger partial charge >= 0.3 is 0 Å². The molecule has 2 rings (SSSR count). The molecule has 104 valence electrons. The Kier molecular flexibility index (Phi) is 4.74. The minimum absolute atomic E-state index is 0.00254. The highest BCUT2D eigenvalue weighted by Crippen LogP contribution is 2.18. The molecule has 0 bridgehead atoms. The Hall–Kier alpha value is -1.62. The summed E-state index contributed by atoms with van der Waals surface area (Å²) in [7, 11) is 0. The van der Waals surface area contributed by atoms with Crippen molar-refractivity contribution in [2.75, 3.05) is 25.0 Å². The van der Waals surface area contributed by atoms with Crippen LogP contribution in [0.3, 0.4) is 0 Å². The number of hydrogen-bond acceptors (Lipinski definition) is 4. The van der Waals surface area contributed by atoms with Crippen LogP contribution in [0.5, 0.6) is 0 Å². The third-order valence-electron chi connectivity index (χ3n) is 3.50. The van der Waals surface area contributed by atoms with Crippen LogP contribution in [0.2, 0.25) is 0 Å². The number of anilines is 1. The Bertz CT molecular complexity index is 418. The van der Waals surface area contributed by atoms with E-state index < -0.39 is 0 Å². The number of nitrogens with two attached hydrogens (primary N) is 1. The molecule has 2 heterocycles. The van der Waals surface area contributed by atoms with Gasteiger partial charge in [-0.15, -0.1) is 0 Å². The van der Waals surface area contributed by atoms with Crippen molar-refractivity contribution in [1.82, 2.24) is 9.88 Å². The molecule has 1 fully saturated rings. The van der Waals surface area contributed by atoms with Crippen LogP contribution in [0.4, 0.5) is 5.82 Å². The van der Waals surface area contributed by atoms with Gasteiger partial charge in [0.2, 0.25) is 5.91 Å². The first-order chi connectivity index (χ1) is 9.19. The van der Waals surface area contributed by atoms with Crippen molar-refractivity contribution in [3.8, 4) is 0 Å². The lowest BCUT2D eigenvalue weighted by Crippen LogP contribution is -2.40. The molecule has 0 aromatic carbocycles. The summed E-state index contributed by atoms with van der Waals surface area (Å²) in [6, 6.07) is 4.08. The smallest absolute Gasteiger partial charge is 0.221 e. The summed E-state index contributed by atoms with van der Waals surface area (Å²) in [5.74, 6) is 0.730. The summed E-state index contributed by atoms with van der Waals surface area (Å²) in [6.45, 7) is 5.55. The van der Waals surface area contributed by atoms with E-state index >= 15 is 0 Å². The van der Waals surface area contributed by atoms with Crippen molar-refractivity contribution in [3.63, 3.8) is 0 Å². The van der Waals surface area contributed by atoms with Gasteiger partial charge in [0.15, 0.2) is 0 Å². The third kappa shape index (κ3) is 3.92. The SMILES string of the molecule is CCNc1ccc(CN2CCCC(C(N)=O)C2)cn1. The fraction of sp³-hybridized carbons (Fsp3) is 0.571. The zero-order valence-corrected chi connectivity index (χ0v) is 11.4. The van der Waals surface area contributed by atoms with E-state index in [4.69, 9.17) is 5.73 Å². The Morgan fingerprint density at radius 2 is 2.42 bits per heavy atom. The molecule has 0 spiro atoms. The van der Waals surface area contributed by atoms with Crippen molar-refractivity contribution in [2.24, 2.45) is 11.7 Å². The van der Waals surface area contributed by atoms with Crippen molar-refractivity contribution in [2.45, 2.75) is 26.3 Å². The number of carbonyl (C=O) groups is 1. The minimum atomic E-state index is -0.176. The largest absolute Gasteiger partial charge is 0.370 e. The summed E-state index contributed by atoms with van der Waals surface area (Å²) in [5, 5.41) is 3.17. The monoisotopic (exact) mass is 262 g/mol. The summed E-state index contributed by atoms with van der Waals surface area (Å²) < 4.78 is 0. The molecule has 1 aliphatic rings. The van der Waals surface area contributed by atoms with Crippen molar-refractivity contribution < 1.29 is 4.79 Å². The van der Waals surface area contributed by atoms with Gasteiger partial charge < -0.3 is 11.1 Å². The first-order valence-corrected chi connectivity index (χ1v) is 6.89. The van der Waals surface area contributed by atoms with Gasteiger partial charge in [-0.25, -0.2) is 4.98 Å². The van der Waals surface area contributed by atoms with Crippen LogP contribution in [-0.2, 0) is 11.3 Å². The summed E-state index contributed by atoms with van der Waals surface area (Å²) >= 11 is 0. The van der Waals surface area contributed by atoms with Crippen LogP contribution in [0, 0.1) is 5.92 Å². The van der Waals surface area contributed by atoms with E-state index in [1.54, 1.807) is 0 Å². The highest BCUT2D eigenvalue weighted by molar-refractivity contribution is 5.76. The maximum Gasteiger partial charge on any atom is 0.221 e. The Morgan fingerprint density at radius 3 is 3.05 bits per heavy atom. The first-order valence-electron chi connectivity index (χ1n) is 6.89. The third-order valence-corrected chi connectivity index (χ3v) is 3.50. The molecule has 19 heavy (non-hydrogen) atoms. The average molecular weight is 262 g/mol.